The van der Waals surface area contributed by atoms with E-state index in [0.717, 1.165) is 73.9 Å². The van der Waals surface area contributed by atoms with Crippen LogP contribution in [0.15, 0.2) is 67.1 Å². The largest absolute Gasteiger partial charge is 0.370 e. The Morgan fingerprint density at radius 2 is 1.78 bits per heavy atom. The van der Waals surface area contributed by atoms with Gasteiger partial charge in [-0.1, -0.05) is 48.0 Å². The zero-order chi connectivity index (χ0) is 21.8. The van der Waals surface area contributed by atoms with Crippen LogP contribution in [0.25, 0.3) is 27.8 Å². The summed E-state index contributed by atoms with van der Waals surface area (Å²) in [5.41, 5.74) is 5.57. The Hall–Kier alpha value is -3.22. The molecule has 0 atom stereocenters. The number of hydrogen-bond acceptors (Lipinski definition) is 4. The molecule has 6 heteroatoms. The maximum absolute atomic E-state index is 5.47. The minimum Gasteiger partial charge on any atom is -0.370 e. The topological polar surface area (TPSA) is 56.4 Å². The Balaban J connectivity index is 1.47. The van der Waals surface area contributed by atoms with Crippen molar-refractivity contribution in [2.45, 2.75) is 13.3 Å². The molecule has 0 unspecified atom stereocenters. The second-order valence-electron chi connectivity index (χ2n) is 8.43. The molecule has 2 aromatic carbocycles. The number of hydrogen-bond donors (Lipinski definition) is 2. The Morgan fingerprint density at radius 3 is 2.56 bits per heavy atom. The molecule has 1 fully saturated rings. The molecule has 0 aliphatic carbocycles. The van der Waals surface area contributed by atoms with Crippen molar-refractivity contribution in [1.29, 1.82) is 0 Å². The number of morpholine rings is 1. The van der Waals surface area contributed by atoms with E-state index < -0.39 is 0 Å². The molecule has 2 aromatic heterocycles. The second kappa shape index (κ2) is 9.51. The van der Waals surface area contributed by atoms with E-state index >= 15 is 0 Å². The fraction of sp³-hybridized carbons (Fsp3) is 0.308. The van der Waals surface area contributed by atoms with E-state index in [4.69, 9.17) is 4.74 Å². The molecular weight excluding hydrogens is 398 g/mol. The van der Waals surface area contributed by atoms with Crippen LogP contribution < -0.4 is 10.2 Å². The third-order valence-electron chi connectivity index (χ3n) is 6.18. The lowest BCUT2D eigenvalue weighted by atomic mass is 10.1. The quantitative estimate of drug-likeness (QED) is 0.444. The van der Waals surface area contributed by atoms with Crippen LogP contribution in [0.3, 0.4) is 0 Å². The minimum absolute atomic E-state index is 0.877. The van der Waals surface area contributed by atoms with Crippen molar-refractivity contribution in [2.75, 3.05) is 44.7 Å². The van der Waals surface area contributed by atoms with E-state index in [1.165, 1.54) is 11.1 Å². The number of rotatable bonds is 7. The van der Waals surface area contributed by atoms with Gasteiger partial charge in [0.15, 0.2) is 5.65 Å². The van der Waals surface area contributed by atoms with Gasteiger partial charge >= 0.3 is 0 Å². The lowest BCUT2D eigenvalue weighted by Gasteiger charge is -2.23. The first-order valence-electron chi connectivity index (χ1n) is 11.4. The molecule has 5 rings (SSSR count). The van der Waals surface area contributed by atoms with Crippen LogP contribution in [0.1, 0.15) is 12.0 Å². The average Bonchev–Trinajstić information content (AvgIpc) is 3.24. The first kappa shape index (κ1) is 20.7. The molecule has 32 heavy (non-hydrogen) atoms. The van der Waals surface area contributed by atoms with E-state index in [0.29, 0.717) is 0 Å². The molecule has 1 aliphatic heterocycles. The van der Waals surface area contributed by atoms with E-state index in [1.54, 1.807) is 11.2 Å². The van der Waals surface area contributed by atoms with Crippen LogP contribution in [0.5, 0.6) is 0 Å². The molecule has 0 amide bonds. The van der Waals surface area contributed by atoms with Crippen LogP contribution >= 0.6 is 0 Å². The molecule has 4 aromatic rings. The molecule has 0 bridgehead atoms. The highest BCUT2D eigenvalue weighted by Gasteiger charge is 2.18. The van der Waals surface area contributed by atoms with Gasteiger partial charge in [-0.05, 0) is 24.6 Å². The van der Waals surface area contributed by atoms with Gasteiger partial charge in [-0.3, -0.25) is 0 Å². The summed E-state index contributed by atoms with van der Waals surface area (Å²) in [6.45, 7) is 8.12. The fourth-order valence-electron chi connectivity index (χ4n) is 4.39. The smallest absolute Gasteiger partial charge is 0.150 e. The number of nitrogens with zero attached hydrogens (tertiary/aromatic N) is 3. The van der Waals surface area contributed by atoms with Crippen LogP contribution in [-0.4, -0.2) is 53.9 Å². The summed E-state index contributed by atoms with van der Waals surface area (Å²) in [6, 6.07) is 19.0. The van der Waals surface area contributed by atoms with Gasteiger partial charge in [0.2, 0.25) is 0 Å². The monoisotopic (exact) mass is 428 g/mol. The summed E-state index contributed by atoms with van der Waals surface area (Å²) < 4.78 is 7.64. The molecule has 164 valence electrons. The maximum Gasteiger partial charge on any atom is 0.150 e. The number of fused-ring (bicyclic) bond motifs is 1. The van der Waals surface area contributed by atoms with Gasteiger partial charge in [-0.25, -0.2) is 9.97 Å². The predicted molar refractivity (Wildman–Crippen MR) is 129 cm³/mol. The van der Waals surface area contributed by atoms with Crippen molar-refractivity contribution < 1.29 is 9.64 Å². The normalized spacial score (nSPS) is 14.7. The molecule has 0 saturated carbocycles. The molecule has 0 radical (unpaired) electrons. The number of aromatic nitrogens is 3. The lowest BCUT2D eigenvalue weighted by molar-refractivity contribution is -0.908. The van der Waals surface area contributed by atoms with E-state index in [1.807, 2.05) is 6.07 Å². The van der Waals surface area contributed by atoms with Crippen molar-refractivity contribution in [2.24, 2.45) is 0 Å². The predicted octanol–water partition coefficient (Wildman–Crippen LogP) is 3.11. The second-order valence-corrected chi connectivity index (χ2v) is 8.43. The van der Waals surface area contributed by atoms with Crippen LogP contribution in [0, 0.1) is 6.92 Å². The van der Waals surface area contributed by atoms with Crippen LogP contribution in [0.2, 0.25) is 0 Å². The van der Waals surface area contributed by atoms with Crippen molar-refractivity contribution in [3.63, 3.8) is 0 Å². The van der Waals surface area contributed by atoms with Gasteiger partial charge in [-0.2, -0.15) is 0 Å². The van der Waals surface area contributed by atoms with Crippen LogP contribution in [0.4, 0.5) is 5.82 Å². The molecular formula is C26H30N5O+. The van der Waals surface area contributed by atoms with E-state index in [9.17, 15) is 0 Å². The zero-order valence-electron chi connectivity index (χ0n) is 18.6. The maximum atomic E-state index is 5.47. The summed E-state index contributed by atoms with van der Waals surface area (Å²) >= 11 is 0. The first-order valence-corrected chi connectivity index (χ1v) is 11.4. The highest BCUT2D eigenvalue weighted by Crippen LogP contribution is 2.35. The van der Waals surface area contributed by atoms with Gasteiger partial charge in [0.25, 0.3) is 0 Å². The highest BCUT2D eigenvalue weighted by atomic mass is 16.5. The van der Waals surface area contributed by atoms with Gasteiger partial charge in [-0.15, -0.1) is 0 Å². The number of quaternary nitrogens is 1. The fourth-order valence-corrected chi connectivity index (χ4v) is 4.39. The molecule has 0 spiro atoms. The third kappa shape index (κ3) is 4.38. The minimum atomic E-state index is 0.877. The summed E-state index contributed by atoms with van der Waals surface area (Å²) in [4.78, 5) is 10.9. The van der Waals surface area contributed by atoms with Crippen molar-refractivity contribution in [3.05, 3.63) is 72.7 Å². The molecule has 1 aliphatic rings. The van der Waals surface area contributed by atoms with E-state index in [-0.39, 0.29) is 0 Å². The van der Waals surface area contributed by atoms with Crippen molar-refractivity contribution in [1.82, 2.24) is 14.5 Å². The summed E-state index contributed by atoms with van der Waals surface area (Å²) in [7, 11) is 0. The number of benzene rings is 2. The number of anilines is 1. The standard InChI is InChI=1S/C26H29N5O/c1-20-8-10-22(11-9-20)31-18-23(21-6-3-2-4-7-21)24-25(28-19-29-26(24)31)27-12-5-13-30-14-16-32-17-15-30/h2-4,6-11,18-19H,5,12-17H2,1H3,(H,27,28,29)/p+1. The summed E-state index contributed by atoms with van der Waals surface area (Å²) in [5, 5.41) is 4.67. The SMILES string of the molecule is Cc1ccc(-n2cc(-c3ccccc3)c3c(NCCC[NH+]4CCOCC4)ncnc32)cc1. The average molecular weight is 429 g/mol. The van der Waals surface area contributed by atoms with Crippen molar-refractivity contribution >= 4 is 16.9 Å². The molecule has 3 heterocycles. The molecule has 2 N–H and O–H groups in total. The summed E-state index contributed by atoms with van der Waals surface area (Å²) in [6.07, 6.45) is 4.94. The van der Waals surface area contributed by atoms with Gasteiger partial charge in [0, 0.05) is 30.4 Å². The highest BCUT2D eigenvalue weighted by molar-refractivity contribution is 6.02. The number of ether oxygens (including phenoxy) is 1. The zero-order valence-corrected chi connectivity index (χ0v) is 18.6. The lowest BCUT2D eigenvalue weighted by Crippen LogP contribution is -3.14. The van der Waals surface area contributed by atoms with Crippen LogP contribution in [-0.2, 0) is 4.74 Å². The number of aryl methyl sites for hydroxylation is 1. The Bertz CT molecular complexity index is 1160. The van der Waals surface area contributed by atoms with Gasteiger partial charge in [0.05, 0.1) is 25.1 Å². The molecule has 1 saturated heterocycles. The Morgan fingerprint density at radius 1 is 1.00 bits per heavy atom. The van der Waals surface area contributed by atoms with E-state index in [2.05, 4.69) is 81.5 Å². The van der Waals surface area contributed by atoms with Gasteiger partial charge < -0.3 is 19.5 Å². The van der Waals surface area contributed by atoms with Crippen molar-refractivity contribution in [3.8, 4) is 16.8 Å². The summed E-state index contributed by atoms with van der Waals surface area (Å²) in [5.74, 6) is 0.900. The third-order valence-corrected chi connectivity index (χ3v) is 6.18. The molecule has 6 nitrogen and oxygen atoms in total. The number of nitrogens with one attached hydrogen (secondary N) is 2. The Kier molecular flexibility index (Phi) is 6.14. The Labute approximate surface area is 188 Å². The van der Waals surface area contributed by atoms with Gasteiger partial charge in [0.1, 0.15) is 25.2 Å². The first-order chi connectivity index (χ1) is 15.8.